The summed E-state index contributed by atoms with van der Waals surface area (Å²) in [7, 11) is 0. The molecule has 2 heterocycles. The highest BCUT2D eigenvalue weighted by atomic mass is 32.2. The maximum absolute atomic E-state index is 12.0. The third-order valence-electron chi connectivity index (χ3n) is 4.25. The van der Waals surface area contributed by atoms with Crippen LogP contribution in [0.2, 0.25) is 0 Å². The summed E-state index contributed by atoms with van der Waals surface area (Å²) in [5.74, 6) is 0.385. The number of hydrogen-bond acceptors (Lipinski definition) is 5. The highest BCUT2D eigenvalue weighted by Crippen LogP contribution is 2.18. The molecule has 25 heavy (non-hydrogen) atoms. The van der Waals surface area contributed by atoms with Gasteiger partial charge in [-0.1, -0.05) is 36.0 Å². The van der Waals surface area contributed by atoms with E-state index in [1.165, 1.54) is 22.9 Å². The first-order valence-corrected chi connectivity index (χ1v) is 9.59. The lowest BCUT2D eigenvalue weighted by atomic mass is 10.00. The van der Waals surface area contributed by atoms with Crippen molar-refractivity contribution in [2.45, 2.75) is 32.0 Å². The normalized spacial score (nSPS) is 14.2. The Morgan fingerprint density at radius 1 is 1.20 bits per heavy atom. The third-order valence-corrected chi connectivity index (χ3v) is 5.10. The van der Waals surface area contributed by atoms with Crippen LogP contribution in [0.4, 0.5) is 0 Å². The van der Waals surface area contributed by atoms with E-state index in [-0.39, 0.29) is 5.91 Å². The summed E-state index contributed by atoms with van der Waals surface area (Å²) < 4.78 is 0. The molecule has 0 fully saturated rings. The highest BCUT2D eigenvalue weighted by Gasteiger charge is 2.15. The van der Waals surface area contributed by atoms with Gasteiger partial charge in [-0.25, -0.2) is 9.97 Å². The number of aromatic nitrogens is 2. The van der Waals surface area contributed by atoms with Gasteiger partial charge < -0.3 is 5.32 Å². The average Bonchev–Trinajstić information content (AvgIpc) is 2.59. The minimum absolute atomic E-state index is 0.0326. The molecule has 0 saturated heterocycles. The van der Waals surface area contributed by atoms with Crippen LogP contribution in [0.25, 0.3) is 0 Å². The second-order valence-corrected chi connectivity index (χ2v) is 7.31. The summed E-state index contributed by atoms with van der Waals surface area (Å²) in [5, 5.41) is 3.66. The highest BCUT2D eigenvalue weighted by molar-refractivity contribution is 7.99. The minimum Gasteiger partial charge on any atom is -0.354 e. The molecule has 1 amide bonds. The Hall–Kier alpha value is -1.92. The molecule has 3 rings (SSSR count). The Balaban J connectivity index is 1.38. The number of nitrogens with one attached hydrogen (secondary N) is 1. The first kappa shape index (κ1) is 17.9. The Morgan fingerprint density at radius 2 is 1.92 bits per heavy atom. The molecule has 132 valence electrons. The summed E-state index contributed by atoms with van der Waals surface area (Å²) in [4.78, 5) is 23.1. The van der Waals surface area contributed by atoms with Crippen LogP contribution in [0, 0.1) is 13.8 Å². The fraction of sp³-hybridized carbons (Fsp3) is 0.421. The van der Waals surface area contributed by atoms with Crippen LogP contribution in [0.1, 0.15) is 22.5 Å². The Morgan fingerprint density at radius 3 is 2.68 bits per heavy atom. The van der Waals surface area contributed by atoms with E-state index >= 15 is 0 Å². The number of amides is 1. The second kappa shape index (κ2) is 8.45. The molecule has 1 aliphatic heterocycles. The maximum Gasteiger partial charge on any atom is 0.230 e. The van der Waals surface area contributed by atoms with E-state index in [0.29, 0.717) is 17.5 Å². The molecule has 1 aromatic carbocycles. The number of nitrogens with zero attached hydrogens (tertiary/aromatic N) is 3. The predicted molar refractivity (Wildman–Crippen MR) is 101 cm³/mol. The zero-order valence-electron chi connectivity index (χ0n) is 14.8. The summed E-state index contributed by atoms with van der Waals surface area (Å²) in [6, 6.07) is 10.5. The number of aryl methyl sites for hydroxylation is 2. The second-order valence-electron chi connectivity index (χ2n) is 6.37. The van der Waals surface area contributed by atoms with Gasteiger partial charge in [0, 0.05) is 37.6 Å². The van der Waals surface area contributed by atoms with Gasteiger partial charge in [-0.3, -0.25) is 9.69 Å². The zero-order chi connectivity index (χ0) is 17.6. The van der Waals surface area contributed by atoms with Gasteiger partial charge in [0.1, 0.15) is 0 Å². The summed E-state index contributed by atoms with van der Waals surface area (Å²) >= 11 is 1.39. The van der Waals surface area contributed by atoms with E-state index in [2.05, 4.69) is 44.5 Å². The van der Waals surface area contributed by atoms with Crippen molar-refractivity contribution in [2.24, 2.45) is 0 Å². The van der Waals surface area contributed by atoms with Gasteiger partial charge >= 0.3 is 0 Å². The smallest absolute Gasteiger partial charge is 0.230 e. The maximum atomic E-state index is 12.0. The van der Waals surface area contributed by atoms with Crippen molar-refractivity contribution in [1.29, 1.82) is 0 Å². The number of thioether (sulfide) groups is 1. The van der Waals surface area contributed by atoms with Gasteiger partial charge in [-0.05, 0) is 37.5 Å². The Kier molecular flexibility index (Phi) is 6.04. The zero-order valence-corrected chi connectivity index (χ0v) is 15.6. The van der Waals surface area contributed by atoms with Crippen LogP contribution in [0.5, 0.6) is 0 Å². The molecule has 0 saturated carbocycles. The number of fused-ring (bicyclic) bond motifs is 1. The predicted octanol–water partition coefficient (Wildman–Crippen LogP) is 2.36. The standard InChI is InChI=1S/C19H24N4OS/c1-14-11-15(2)22-19(21-14)25-13-18(24)20-8-10-23-9-7-16-5-3-4-6-17(16)12-23/h3-6,11H,7-10,12-13H2,1-2H3,(H,20,24). The fourth-order valence-electron chi connectivity index (χ4n) is 3.04. The largest absolute Gasteiger partial charge is 0.354 e. The van der Waals surface area contributed by atoms with Gasteiger partial charge in [0.25, 0.3) is 0 Å². The topological polar surface area (TPSA) is 58.1 Å². The van der Waals surface area contributed by atoms with Gasteiger partial charge in [0.05, 0.1) is 5.75 Å². The monoisotopic (exact) mass is 356 g/mol. The van der Waals surface area contributed by atoms with Crippen molar-refractivity contribution in [3.8, 4) is 0 Å². The van der Waals surface area contributed by atoms with E-state index in [0.717, 1.165) is 37.4 Å². The van der Waals surface area contributed by atoms with Crippen LogP contribution in [-0.2, 0) is 17.8 Å². The molecule has 0 aliphatic carbocycles. The number of carbonyl (C=O) groups is 1. The van der Waals surface area contributed by atoms with Crippen molar-refractivity contribution >= 4 is 17.7 Å². The van der Waals surface area contributed by atoms with Crippen molar-refractivity contribution in [3.05, 3.63) is 52.8 Å². The van der Waals surface area contributed by atoms with Crippen LogP contribution >= 0.6 is 11.8 Å². The molecule has 0 radical (unpaired) electrons. The molecular formula is C19H24N4OS. The van der Waals surface area contributed by atoms with E-state index in [9.17, 15) is 4.79 Å². The first-order chi connectivity index (χ1) is 12.1. The molecule has 0 bridgehead atoms. The summed E-state index contributed by atoms with van der Waals surface area (Å²) in [6.45, 7) is 7.46. The summed E-state index contributed by atoms with van der Waals surface area (Å²) in [6.07, 6.45) is 1.09. The number of carbonyl (C=O) groups excluding carboxylic acids is 1. The van der Waals surface area contributed by atoms with E-state index < -0.39 is 0 Å². The van der Waals surface area contributed by atoms with Crippen molar-refractivity contribution in [2.75, 3.05) is 25.4 Å². The fourth-order valence-corrected chi connectivity index (χ4v) is 3.82. The van der Waals surface area contributed by atoms with E-state index in [1.807, 2.05) is 19.9 Å². The SMILES string of the molecule is Cc1cc(C)nc(SCC(=O)NCCN2CCc3ccccc3C2)n1. The van der Waals surface area contributed by atoms with Gasteiger partial charge in [-0.15, -0.1) is 0 Å². The Labute approximate surface area is 153 Å². The summed E-state index contributed by atoms with van der Waals surface area (Å²) in [5.41, 5.74) is 4.72. The molecule has 1 N–H and O–H groups in total. The quantitative estimate of drug-likeness (QED) is 0.636. The molecular weight excluding hydrogens is 332 g/mol. The molecule has 1 aromatic heterocycles. The van der Waals surface area contributed by atoms with Crippen molar-refractivity contribution < 1.29 is 4.79 Å². The van der Waals surface area contributed by atoms with Crippen LogP contribution < -0.4 is 5.32 Å². The number of hydrogen-bond donors (Lipinski definition) is 1. The molecule has 0 spiro atoms. The lowest BCUT2D eigenvalue weighted by Crippen LogP contribution is -2.38. The van der Waals surface area contributed by atoms with Crippen LogP contribution in [0.3, 0.4) is 0 Å². The number of rotatable bonds is 6. The van der Waals surface area contributed by atoms with E-state index in [4.69, 9.17) is 0 Å². The van der Waals surface area contributed by atoms with Gasteiger partial charge in [0.15, 0.2) is 5.16 Å². The molecule has 1 aliphatic rings. The Bertz CT molecular complexity index is 730. The lowest BCUT2D eigenvalue weighted by molar-refractivity contribution is -0.118. The molecule has 6 heteroatoms. The number of benzene rings is 1. The molecule has 5 nitrogen and oxygen atoms in total. The van der Waals surface area contributed by atoms with E-state index in [1.54, 1.807) is 0 Å². The van der Waals surface area contributed by atoms with Gasteiger partial charge in [0.2, 0.25) is 5.91 Å². The molecule has 0 atom stereocenters. The molecule has 0 unspecified atom stereocenters. The minimum atomic E-state index is 0.0326. The van der Waals surface area contributed by atoms with Crippen LogP contribution in [-0.4, -0.2) is 46.2 Å². The van der Waals surface area contributed by atoms with Crippen molar-refractivity contribution in [1.82, 2.24) is 20.2 Å². The van der Waals surface area contributed by atoms with Gasteiger partial charge in [-0.2, -0.15) is 0 Å². The molecule has 2 aromatic rings. The van der Waals surface area contributed by atoms with Crippen LogP contribution in [0.15, 0.2) is 35.5 Å². The van der Waals surface area contributed by atoms with Crippen molar-refractivity contribution in [3.63, 3.8) is 0 Å². The third kappa shape index (κ3) is 5.28. The average molecular weight is 356 g/mol. The first-order valence-electron chi connectivity index (χ1n) is 8.61. The lowest BCUT2D eigenvalue weighted by Gasteiger charge is -2.28.